The number of carbonyl (C=O) groups excluding carboxylic acids is 1. The topological polar surface area (TPSA) is 76.1 Å². The molecule has 0 saturated carbocycles. The molecule has 0 spiro atoms. The highest BCUT2D eigenvalue weighted by Gasteiger charge is 2.18. The second kappa shape index (κ2) is 8.69. The normalized spacial score (nSPS) is 10.2. The standard InChI is InChI=1S/C18H19NO5/c1-23-16-9-7-15(8-10-16)18(22)19(12-11-17(20)21)24-13-14-5-3-2-4-6-14/h2-10H,11-13H2,1H3,(H,20,21). The van der Waals surface area contributed by atoms with E-state index in [9.17, 15) is 9.59 Å². The number of benzene rings is 2. The van der Waals surface area contributed by atoms with E-state index in [0.29, 0.717) is 11.3 Å². The maximum Gasteiger partial charge on any atom is 0.305 e. The van der Waals surface area contributed by atoms with Gasteiger partial charge in [0.05, 0.1) is 20.1 Å². The first-order chi connectivity index (χ1) is 11.6. The molecule has 126 valence electrons. The van der Waals surface area contributed by atoms with E-state index in [1.54, 1.807) is 31.4 Å². The summed E-state index contributed by atoms with van der Waals surface area (Å²) in [5.41, 5.74) is 1.29. The molecule has 1 amide bonds. The van der Waals surface area contributed by atoms with Crippen LogP contribution in [0.4, 0.5) is 0 Å². The zero-order chi connectivity index (χ0) is 17.4. The number of rotatable bonds is 8. The molecule has 0 aliphatic carbocycles. The van der Waals surface area contributed by atoms with Crippen LogP contribution in [0.15, 0.2) is 54.6 Å². The Labute approximate surface area is 140 Å². The fourth-order valence-electron chi connectivity index (χ4n) is 2.03. The van der Waals surface area contributed by atoms with Crippen molar-refractivity contribution >= 4 is 11.9 Å². The van der Waals surface area contributed by atoms with Crippen molar-refractivity contribution in [1.82, 2.24) is 5.06 Å². The van der Waals surface area contributed by atoms with Gasteiger partial charge in [0, 0.05) is 5.56 Å². The molecule has 0 heterocycles. The number of hydrogen-bond acceptors (Lipinski definition) is 4. The van der Waals surface area contributed by atoms with Crippen LogP contribution >= 0.6 is 0 Å². The molecule has 2 rings (SSSR count). The summed E-state index contributed by atoms with van der Waals surface area (Å²) < 4.78 is 5.06. The number of carbonyl (C=O) groups is 2. The van der Waals surface area contributed by atoms with Gasteiger partial charge in [0.1, 0.15) is 12.4 Å². The molecule has 0 atom stereocenters. The molecule has 0 radical (unpaired) electrons. The Morgan fingerprint density at radius 1 is 1.04 bits per heavy atom. The van der Waals surface area contributed by atoms with Gasteiger partial charge in [-0.25, -0.2) is 5.06 Å². The van der Waals surface area contributed by atoms with Gasteiger partial charge in [-0.05, 0) is 29.8 Å². The van der Waals surface area contributed by atoms with E-state index < -0.39 is 11.9 Å². The lowest BCUT2D eigenvalue weighted by Gasteiger charge is -2.21. The fourth-order valence-corrected chi connectivity index (χ4v) is 2.03. The number of aliphatic carboxylic acids is 1. The van der Waals surface area contributed by atoms with Gasteiger partial charge in [0.2, 0.25) is 0 Å². The molecule has 0 bridgehead atoms. The maximum absolute atomic E-state index is 12.5. The molecule has 0 fully saturated rings. The zero-order valence-electron chi connectivity index (χ0n) is 13.3. The number of ether oxygens (including phenoxy) is 1. The van der Waals surface area contributed by atoms with Crippen LogP contribution in [-0.4, -0.2) is 35.7 Å². The molecule has 0 aromatic heterocycles. The molecule has 0 aliphatic heterocycles. The largest absolute Gasteiger partial charge is 0.497 e. The first-order valence-electron chi connectivity index (χ1n) is 7.44. The molecular weight excluding hydrogens is 310 g/mol. The highest BCUT2D eigenvalue weighted by Crippen LogP contribution is 2.14. The van der Waals surface area contributed by atoms with Crippen molar-refractivity contribution in [3.05, 3.63) is 65.7 Å². The third-order valence-electron chi connectivity index (χ3n) is 3.32. The number of hydroxylamine groups is 2. The van der Waals surface area contributed by atoms with Crippen LogP contribution in [0.3, 0.4) is 0 Å². The number of nitrogens with zero attached hydrogens (tertiary/aromatic N) is 1. The minimum Gasteiger partial charge on any atom is -0.497 e. The summed E-state index contributed by atoms with van der Waals surface area (Å²) in [6.07, 6.45) is -0.198. The van der Waals surface area contributed by atoms with Crippen molar-refractivity contribution in [1.29, 1.82) is 0 Å². The molecule has 0 unspecified atom stereocenters. The minimum absolute atomic E-state index is 0.0347. The summed E-state index contributed by atoms with van der Waals surface area (Å²) >= 11 is 0. The lowest BCUT2D eigenvalue weighted by Crippen LogP contribution is -2.33. The van der Waals surface area contributed by atoms with Crippen molar-refractivity contribution in [2.24, 2.45) is 0 Å². The van der Waals surface area contributed by atoms with E-state index in [4.69, 9.17) is 14.7 Å². The van der Waals surface area contributed by atoms with Crippen molar-refractivity contribution in [3.63, 3.8) is 0 Å². The summed E-state index contributed by atoms with van der Waals surface area (Å²) in [6, 6.07) is 15.9. The van der Waals surface area contributed by atoms with E-state index in [0.717, 1.165) is 10.6 Å². The van der Waals surface area contributed by atoms with Crippen LogP contribution < -0.4 is 4.74 Å². The van der Waals surface area contributed by atoms with Crippen LogP contribution in [0.5, 0.6) is 5.75 Å². The number of methoxy groups -OCH3 is 1. The smallest absolute Gasteiger partial charge is 0.305 e. The maximum atomic E-state index is 12.5. The predicted molar refractivity (Wildman–Crippen MR) is 87.5 cm³/mol. The van der Waals surface area contributed by atoms with Crippen LogP contribution in [-0.2, 0) is 16.2 Å². The van der Waals surface area contributed by atoms with E-state index in [1.165, 1.54) is 0 Å². The summed E-state index contributed by atoms with van der Waals surface area (Å²) in [7, 11) is 1.54. The van der Waals surface area contributed by atoms with E-state index in [2.05, 4.69) is 0 Å². The number of hydrogen-bond donors (Lipinski definition) is 1. The van der Waals surface area contributed by atoms with Crippen molar-refractivity contribution in [2.45, 2.75) is 13.0 Å². The second-order valence-corrected chi connectivity index (χ2v) is 5.04. The van der Waals surface area contributed by atoms with Gasteiger partial charge in [0.15, 0.2) is 0 Å². The van der Waals surface area contributed by atoms with E-state index >= 15 is 0 Å². The van der Waals surface area contributed by atoms with E-state index in [-0.39, 0.29) is 19.6 Å². The molecule has 2 aromatic carbocycles. The summed E-state index contributed by atoms with van der Waals surface area (Å²) in [5, 5.41) is 9.94. The molecule has 1 N–H and O–H groups in total. The molecule has 6 nitrogen and oxygen atoms in total. The van der Waals surface area contributed by atoms with Crippen molar-refractivity contribution < 1.29 is 24.3 Å². The van der Waals surface area contributed by atoms with Gasteiger partial charge in [-0.1, -0.05) is 30.3 Å². The van der Waals surface area contributed by atoms with Crippen LogP contribution in [0.25, 0.3) is 0 Å². The quantitative estimate of drug-likeness (QED) is 0.754. The Morgan fingerprint density at radius 2 is 1.71 bits per heavy atom. The monoisotopic (exact) mass is 329 g/mol. The molecule has 0 aliphatic rings. The van der Waals surface area contributed by atoms with Crippen LogP contribution in [0, 0.1) is 0 Å². The zero-order valence-corrected chi connectivity index (χ0v) is 13.3. The average molecular weight is 329 g/mol. The van der Waals surface area contributed by atoms with Crippen molar-refractivity contribution in [3.8, 4) is 5.75 Å². The average Bonchev–Trinajstić information content (AvgIpc) is 2.62. The third-order valence-corrected chi connectivity index (χ3v) is 3.32. The first-order valence-corrected chi connectivity index (χ1v) is 7.44. The predicted octanol–water partition coefficient (Wildman–Crippen LogP) is 2.74. The first kappa shape index (κ1) is 17.5. The molecule has 24 heavy (non-hydrogen) atoms. The minimum atomic E-state index is -0.995. The Hall–Kier alpha value is -2.86. The number of carboxylic acid groups (broad SMARTS) is 1. The molecule has 6 heteroatoms. The summed E-state index contributed by atoms with van der Waals surface area (Å²) in [5.74, 6) is -0.755. The SMILES string of the molecule is COc1ccc(C(=O)N(CCC(=O)O)OCc2ccccc2)cc1. The highest BCUT2D eigenvalue weighted by molar-refractivity contribution is 5.93. The summed E-state index contributed by atoms with van der Waals surface area (Å²) in [6.45, 7) is 0.148. The number of amides is 1. The van der Waals surface area contributed by atoms with Gasteiger partial charge >= 0.3 is 5.97 Å². The lowest BCUT2D eigenvalue weighted by molar-refractivity contribution is -0.148. The van der Waals surface area contributed by atoms with Gasteiger partial charge in [-0.2, -0.15) is 0 Å². The van der Waals surface area contributed by atoms with E-state index in [1.807, 2.05) is 30.3 Å². The van der Waals surface area contributed by atoms with Gasteiger partial charge < -0.3 is 9.84 Å². The Balaban J connectivity index is 2.08. The third kappa shape index (κ3) is 5.10. The van der Waals surface area contributed by atoms with Gasteiger partial charge in [-0.15, -0.1) is 0 Å². The molecular formula is C18H19NO5. The fraction of sp³-hybridized carbons (Fsp3) is 0.222. The summed E-state index contributed by atoms with van der Waals surface area (Å²) in [4.78, 5) is 28.9. The second-order valence-electron chi connectivity index (χ2n) is 5.04. The van der Waals surface area contributed by atoms with Crippen LogP contribution in [0.2, 0.25) is 0 Å². The Kier molecular flexibility index (Phi) is 6.33. The highest BCUT2D eigenvalue weighted by atomic mass is 16.7. The van der Waals surface area contributed by atoms with Gasteiger partial charge in [0.25, 0.3) is 5.91 Å². The van der Waals surface area contributed by atoms with Crippen molar-refractivity contribution in [2.75, 3.05) is 13.7 Å². The number of carboxylic acids is 1. The Bertz CT molecular complexity index is 670. The van der Waals surface area contributed by atoms with Gasteiger partial charge in [-0.3, -0.25) is 14.4 Å². The molecule has 2 aromatic rings. The molecule has 0 saturated heterocycles. The van der Waals surface area contributed by atoms with Crippen LogP contribution in [0.1, 0.15) is 22.3 Å². The Morgan fingerprint density at radius 3 is 2.29 bits per heavy atom. The lowest BCUT2D eigenvalue weighted by atomic mass is 10.2.